The lowest BCUT2D eigenvalue weighted by atomic mass is 10.2. The molecule has 1 aliphatic heterocycles. The molecular formula is C16H14N2O3S2. The Labute approximate surface area is 138 Å². The number of fused-ring (bicyclic) bond motifs is 2. The maximum Gasteiger partial charge on any atom is 0.240 e. The Morgan fingerprint density at radius 2 is 2.09 bits per heavy atom. The molecule has 4 rings (SSSR count). The van der Waals surface area contributed by atoms with Crippen molar-refractivity contribution in [2.75, 3.05) is 6.61 Å². The first-order chi connectivity index (χ1) is 11.1. The second-order valence-electron chi connectivity index (χ2n) is 5.27. The van der Waals surface area contributed by atoms with Gasteiger partial charge in [0.05, 0.1) is 28.3 Å². The molecule has 0 radical (unpaired) electrons. The van der Waals surface area contributed by atoms with Crippen molar-refractivity contribution in [3.63, 3.8) is 0 Å². The zero-order valence-corrected chi connectivity index (χ0v) is 13.8. The predicted molar refractivity (Wildman–Crippen MR) is 89.3 cm³/mol. The Bertz CT molecular complexity index is 947. The highest BCUT2D eigenvalue weighted by atomic mass is 32.2. The molecule has 2 aromatic carbocycles. The average molecular weight is 346 g/mol. The SMILES string of the molecule is O=S(=O)(NCc1nc2ccccc2s1)c1ccc2c(c1)CCO2. The van der Waals surface area contributed by atoms with Crippen molar-refractivity contribution < 1.29 is 13.2 Å². The van der Waals surface area contributed by atoms with E-state index in [1.54, 1.807) is 18.2 Å². The fourth-order valence-electron chi connectivity index (χ4n) is 2.57. The normalized spacial score (nSPS) is 13.9. The smallest absolute Gasteiger partial charge is 0.240 e. The molecule has 1 aromatic heterocycles. The van der Waals surface area contributed by atoms with Crippen LogP contribution in [0, 0.1) is 0 Å². The molecule has 23 heavy (non-hydrogen) atoms. The zero-order chi connectivity index (χ0) is 15.9. The van der Waals surface area contributed by atoms with Crippen molar-refractivity contribution in [3.05, 3.63) is 53.0 Å². The summed E-state index contributed by atoms with van der Waals surface area (Å²) in [4.78, 5) is 4.71. The first-order valence-corrected chi connectivity index (χ1v) is 9.52. The van der Waals surface area contributed by atoms with Crippen LogP contribution in [0.4, 0.5) is 0 Å². The van der Waals surface area contributed by atoms with Gasteiger partial charge in [-0.3, -0.25) is 0 Å². The zero-order valence-electron chi connectivity index (χ0n) is 12.2. The van der Waals surface area contributed by atoms with Gasteiger partial charge in [0.1, 0.15) is 10.8 Å². The summed E-state index contributed by atoms with van der Waals surface area (Å²) in [7, 11) is -3.56. The van der Waals surface area contributed by atoms with Crippen molar-refractivity contribution in [1.82, 2.24) is 9.71 Å². The Morgan fingerprint density at radius 3 is 2.96 bits per heavy atom. The topological polar surface area (TPSA) is 68.3 Å². The third-order valence-corrected chi connectivity index (χ3v) is 6.16. The quantitative estimate of drug-likeness (QED) is 0.789. The van der Waals surface area contributed by atoms with Crippen molar-refractivity contribution in [1.29, 1.82) is 0 Å². The van der Waals surface area contributed by atoms with Gasteiger partial charge in [-0.25, -0.2) is 18.1 Å². The molecule has 1 N–H and O–H groups in total. The molecule has 0 unspecified atom stereocenters. The van der Waals surface area contributed by atoms with Gasteiger partial charge < -0.3 is 4.74 Å². The monoisotopic (exact) mass is 346 g/mol. The molecule has 0 spiro atoms. The maximum atomic E-state index is 12.4. The standard InChI is InChI=1S/C16H14N2O3S2/c19-23(20,12-5-6-14-11(9-12)7-8-21-14)17-10-16-18-13-3-1-2-4-15(13)22-16/h1-6,9,17H,7-8,10H2. The van der Waals surface area contributed by atoms with Crippen LogP contribution < -0.4 is 9.46 Å². The van der Waals surface area contributed by atoms with E-state index in [0.29, 0.717) is 6.61 Å². The number of aromatic nitrogens is 1. The number of thiazole rings is 1. The van der Waals surface area contributed by atoms with E-state index in [9.17, 15) is 8.42 Å². The largest absolute Gasteiger partial charge is 0.493 e. The molecule has 5 nitrogen and oxygen atoms in total. The molecule has 0 fully saturated rings. The molecule has 0 bridgehead atoms. The summed E-state index contributed by atoms with van der Waals surface area (Å²) in [6.07, 6.45) is 0.747. The van der Waals surface area contributed by atoms with E-state index >= 15 is 0 Å². The van der Waals surface area contributed by atoms with E-state index in [-0.39, 0.29) is 11.4 Å². The van der Waals surface area contributed by atoms with Crippen LogP contribution in [0.15, 0.2) is 47.4 Å². The number of ether oxygens (including phenoxy) is 1. The highest BCUT2D eigenvalue weighted by Crippen LogP contribution is 2.28. The lowest BCUT2D eigenvalue weighted by Crippen LogP contribution is -2.23. The number of sulfonamides is 1. The summed E-state index contributed by atoms with van der Waals surface area (Å²) >= 11 is 1.50. The minimum atomic E-state index is -3.56. The first kappa shape index (κ1) is 14.6. The van der Waals surface area contributed by atoms with Crippen LogP contribution in [0.2, 0.25) is 0 Å². The van der Waals surface area contributed by atoms with Gasteiger partial charge in [-0.15, -0.1) is 11.3 Å². The Balaban J connectivity index is 1.55. The van der Waals surface area contributed by atoms with E-state index in [1.165, 1.54) is 11.3 Å². The average Bonchev–Trinajstić information content (AvgIpc) is 3.18. The molecule has 7 heteroatoms. The maximum absolute atomic E-state index is 12.4. The third kappa shape index (κ3) is 2.83. The summed E-state index contributed by atoms with van der Waals surface area (Å²) < 4.78 is 34.0. The van der Waals surface area contributed by atoms with Gasteiger partial charge in [0.25, 0.3) is 0 Å². The molecule has 2 heterocycles. The number of nitrogens with zero attached hydrogens (tertiary/aromatic N) is 1. The predicted octanol–water partition coefficient (Wildman–Crippen LogP) is 2.71. The number of hydrogen-bond donors (Lipinski definition) is 1. The number of para-hydroxylation sites is 1. The molecule has 0 atom stereocenters. The van der Waals surface area contributed by atoms with Gasteiger partial charge in [-0.1, -0.05) is 12.1 Å². The first-order valence-electron chi connectivity index (χ1n) is 7.22. The lowest BCUT2D eigenvalue weighted by molar-refractivity contribution is 0.356. The number of rotatable bonds is 4. The van der Waals surface area contributed by atoms with E-state index in [2.05, 4.69) is 9.71 Å². The van der Waals surface area contributed by atoms with Crippen LogP contribution in [0.3, 0.4) is 0 Å². The van der Waals surface area contributed by atoms with Gasteiger partial charge >= 0.3 is 0 Å². The summed E-state index contributed by atoms with van der Waals surface area (Å²) in [5, 5.41) is 0.749. The highest BCUT2D eigenvalue weighted by molar-refractivity contribution is 7.89. The van der Waals surface area contributed by atoms with Gasteiger partial charge in [-0.05, 0) is 35.9 Å². The summed E-state index contributed by atoms with van der Waals surface area (Å²) in [5.74, 6) is 0.773. The van der Waals surface area contributed by atoms with E-state index in [4.69, 9.17) is 4.74 Å². The minimum Gasteiger partial charge on any atom is -0.493 e. The molecule has 118 valence electrons. The fraction of sp³-hybridized carbons (Fsp3) is 0.188. The van der Waals surface area contributed by atoms with Gasteiger partial charge in [0, 0.05) is 6.42 Å². The highest BCUT2D eigenvalue weighted by Gasteiger charge is 2.19. The van der Waals surface area contributed by atoms with E-state index in [0.717, 1.165) is 33.0 Å². The number of nitrogens with one attached hydrogen (secondary N) is 1. The van der Waals surface area contributed by atoms with E-state index < -0.39 is 10.0 Å². The molecule has 0 saturated heterocycles. The summed E-state index contributed by atoms with van der Waals surface area (Å²) in [6, 6.07) is 12.7. The Kier molecular flexibility index (Phi) is 3.56. The molecular weight excluding hydrogens is 332 g/mol. The second-order valence-corrected chi connectivity index (χ2v) is 8.15. The molecule has 3 aromatic rings. The summed E-state index contributed by atoms with van der Waals surface area (Å²) in [6.45, 7) is 0.799. The van der Waals surface area contributed by atoms with Crippen LogP contribution in [-0.2, 0) is 23.0 Å². The van der Waals surface area contributed by atoms with Crippen molar-refractivity contribution >= 4 is 31.6 Å². The fourth-order valence-corrected chi connectivity index (χ4v) is 4.60. The second kappa shape index (κ2) is 5.59. The van der Waals surface area contributed by atoms with Gasteiger partial charge in [-0.2, -0.15) is 0 Å². The van der Waals surface area contributed by atoms with Crippen LogP contribution in [0.1, 0.15) is 10.6 Å². The number of benzene rings is 2. The van der Waals surface area contributed by atoms with Crippen LogP contribution in [0.25, 0.3) is 10.2 Å². The third-order valence-electron chi connectivity index (χ3n) is 3.72. The van der Waals surface area contributed by atoms with Crippen molar-refractivity contribution in [3.8, 4) is 5.75 Å². The number of hydrogen-bond acceptors (Lipinski definition) is 5. The molecule has 0 aliphatic carbocycles. The Hall–Kier alpha value is -1.96. The van der Waals surface area contributed by atoms with Crippen LogP contribution >= 0.6 is 11.3 Å². The summed E-state index contributed by atoms with van der Waals surface area (Å²) in [5.41, 5.74) is 1.83. The minimum absolute atomic E-state index is 0.190. The van der Waals surface area contributed by atoms with Crippen LogP contribution in [-0.4, -0.2) is 20.0 Å². The van der Waals surface area contributed by atoms with Crippen LogP contribution in [0.5, 0.6) is 5.75 Å². The lowest BCUT2D eigenvalue weighted by Gasteiger charge is -2.06. The van der Waals surface area contributed by atoms with Gasteiger partial charge in [0.15, 0.2) is 0 Å². The van der Waals surface area contributed by atoms with E-state index in [1.807, 2.05) is 24.3 Å². The van der Waals surface area contributed by atoms with Crippen molar-refractivity contribution in [2.24, 2.45) is 0 Å². The molecule has 0 saturated carbocycles. The molecule has 0 amide bonds. The van der Waals surface area contributed by atoms with Gasteiger partial charge in [0.2, 0.25) is 10.0 Å². The van der Waals surface area contributed by atoms with Crippen molar-refractivity contribution in [2.45, 2.75) is 17.9 Å². The Morgan fingerprint density at radius 1 is 1.22 bits per heavy atom. The molecule has 1 aliphatic rings.